The Morgan fingerprint density at radius 2 is 2.21 bits per heavy atom. The van der Waals surface area contributed by atoms with Crippen LogP contribution in [-0.2, 0) is 11.8 Å². The van der Waals surface area contributed by atoms with E-state index in [1.165, 1.54) is 31.2 Å². The van der Waals surface area contributed by atoms with E-state index in [0.717, 1.165) is 45.0 Å². The Bertz CT molecular complexity index is 535. The first-order valence-electron chi connectivity index (χ1n) is 9.32. The minimum absolute atomic E-state index is 0.517. The van der Waals surface area contributed by atoms with Crippen molar-refractivity contribution in [1.82, 2.24) is 20.0 Å². The van der Waals surface area contributed by atoms with Crippen molar-refractivity contribution in [2.24, 2.45) is 12.0 Å². The molecule has 1 saturated heterocycles. The summed E-state index contributed by atoms with van der Waals surface area (Å²) >= 11 is 0. The lowest BCUT2D eigenvalue weighted by Crippen LogP contribution is -2.40. The number of nitrogens with one attached hydrogen (secondary N) is 1. The molecule has 2 fully saturated rings. The van der Waals surface area contributed by atoms with E-state index in [1.807, 2.05) is 25.0 Å². The molecule has 0 aromatic carbocycles. The fourth-order valence-corrected chi connectivity index (χ4v) is 3.79. The van der Waals surface area contributed by atoms with Crippen LogP contribution in [0.15, 0.2) is 17.4 Å². The highest BCUT2D eigenvalue weighted by Gasteiger charge is 2.26. The second-order valence-corrected chi connectivity index (χ2v) is 6.98. The van der Waals surface area contributed by atoms with Crippen LogP contribution < -0.4 is 5.32 Å². The summed E-state index contributed by atoms with van der Waals surface area (Å²) in [5.74, 6) is 1.57. The van der Waals surface area contributed by atoms with Gasteiger partial charge < -0.3 is 15.0 Å². The summed E-state index contributed by atoms with van der Waals surface area (Å²) < 4.78 is 7.80. The normalized spacial score (nSPS) is 22.5. The molecule has 3 rings (SSSR count). The number of hydrogen-bond donors (Lipinski definition) is 1. The monoisotopic (exact) mass is 333 g/mol. The molecule has 0 spiro atoms. The quantitative estimate of drug-likeness (QED) is 0.492. The molecule has 0 radical (unpaired) electrons. The second kappa shape index (κ2) is 8.51. The molecule has 134 valence electrons. The molecule has 1 unspecified atom stereocenters. The third kappa shape index (κ3) is 4.50. The van der Waals surface area contributed by atoms with Gasteiger partial charge >= 0.3 is 0 Å². The van der Waals surface area contributed by atoms with Crippen LogP contribution in [0.5, 0.6) is 0 Å². The Morgan fingerprint density at radius 3 is 2.92 bits per heavy atom. The van der Waals surface area contributed by atoms with Crippen LogP contribution in [0, 0.1) is 0 Å². The van der Waals surface area contributed by atoms with Gasteiger partial charge in [-0.2, -0.15) is 5.10 Å². The Morgan fingerprint density at radius 1 is 1.38 bits per heavy atom. The lowest BCUT2D eigenvalue weighted by molar-refractivity contribution is 0.0573. The molecule has 2 aliphatic rings. The molecule has 6 nitrogen and oxygen atoms in total. The van der Waals surface area contributed by atoms with Gasteiger partial charge in [0.05, 0.1) is 12.3 Å². The third-order valence-corrected chi connectivity index (χ3v) is 5.16. The predicted octanol–water partition coefficient (Wildman–Crippen LogP) is 2.13. The van der Waals surface area contributed by atoms with E-state index >= 15 is 0 Å². The van der Waals surface area contributed by atoms with Gasteiger partial charge in [-0.05, 0) is 31.2 Å². The molecule has 0 amide bonds. The molecule has 1 atom stereocenters. The summed E-state index contributed by atoms with van der Waals surface area (Å²) in [5.41, 5.74) is 1.33. The smallest absolute Gasteiger partial charge is 0.193 e. The standard InChI is InChI=1S/C18H31N5O/c1-19-18(20-9-5-11-24-17-6-3-4-7-17)23-10-8-15(14-23)16-12-21-22(2)13-16/h12-13,15,17H,3-11,14H2,1-2H3,(H,19,20). The van der Waals surface area contributed by atoms with Gasteiger partial charge in [0.15, 0.2) is 5.96 Å². The Balaban J connectivity index is 1.37. The summed E-state index contributed by atoms with van der Waals surface area (Å²) in [7, 11) is 3.85. The van der Waals surface area contributed by atoms with Crippen molar-refractivity contribution >= 4 is 5.96 Å². The van der Waals surface area contributed by atoms with E-state index in [-0.39, 0.29) is 0 Å². The average molecular weight is 333 g/mol. The van der Waals surface area contributed by atoms with Gasteiger partial charge in [-0.3, -0.25) is 9.67 Å². The van der Waals surface area contributed by atoms with Crippen LogP contribution in [0.3, 0.4) is 0 Å². The summed E-state index contributed by atoms with van der Waals surface area (Å²) in [6.45, 7) is 3.85. The lowest BCUT2D eigenvalue weighted by Gasteiger charge is -2.21. The summed E-state index contributed by atoms with van der Waals surface area (Å²) in [4.78, 5) is 6.80. The largest absolute Gasteiger partial charge is 0.378 e. The summed E-state index contributed by atoms with van der Waals surface area (Å²) in [6, 6.07) is 0. The average Bonchev–Trinajstić information content (AvgIpc) is 3.32. The number of aliphatic imine (C=N–C) groups is 1. The SMILES string of the molecule is CN=C(NCCCOC1CCCC1)N1CCC(c2cnn(C)c2)C1. The number of nitrogens with zero attached hydrogens (tertiary/aromatic N) is 4. The van der Waals surface area contributed by atoms with Crippen LogP contribution >= 0.6 is 0 Å². The number of ether oxygens (including phenoxy) is 1. The van der Waals surface area contributed by atoms with E-state index in [2.05, 4.69) is 26.5 Å². The number of guanidine groups is 1. The molecule has 2 heterocycles. The minimum atomic E-state index is 0.517. The molecule has 1 aliphatic heterocycles. The topological polar surface area (TPSA) is 54.7 Å². The third-order valence-electron chi connectivity index (χ3n) is 5.16. The summed E-state index contributed by atoms with van der Waals surface area (Å²) in [6.07, 6.45) is 12.0. The number of rotatable bonds is 6. The lowest BCUT2D eigenvalue weighted by atomic mass is 10.0. The van der Waals surface area contributed by atoms with Gasteiger partial charge in [-0.1, -0.05) is 12.8 Å². The molecule has 1 N–H and O–H groups in total. The molecule has 1 aromatic rings. The number of aryl methyl sites for hydroxylation is 1. The van der Waals surface area contributed by atoms with Gasteiger partial charge in [0, 0.05) is 52.5 Å². The van der Waals surface area contributed by atoms with Crippen molar-refractivity contribution in [3.63, 3.8) is 0 Å². The Hall–Kier alpha value is -1.56. The maximum Gasteiger partial charge on any atom is 0.193 e. The van der Waals surface area contributed by atoms with E-state index in [0.29, 0.717) is 12.0 Å². The maximum absolute atomic E-state index is 5.92. The van der Waals surface area contributed by atoms with Crippen LogP contribution in [0.4, 0.5) is 0 Å². The number of aromatic nitrogens is 2. The fraction of sp³-hybridized carbons (Fsp3) is 0.778. The van der Waals surface area contributed by atoms with Crippen LogP contribution in [0.2, 0.25) is 0 Å². The minimum Gasteiger partial charge on any atom is -0.378 e. The van der Waals surface area contributed by atoms with Crippen molar-refractivity contribution in [2.45, 2.75) is 50.5 Å². The van der Waals surface area contributed by atoms with Gasteiger partial charge in [-0.25, -0.2) is 0 Å². The molecule has 1 saturated carbocycles. The highest BCUT2D eigenvalue weighted by molar-refractivity contribution is 5.80. The number of hydrogen-bond acceptors (Lipinski definition) is 3. The first-order chi connectivity index (χ1) is 11.8. The molecule has 0 bridgehead atoms. The van der Waals surface area contributed by atoms with E-state index in [1.54, 1.807) is 0 Å². The van der Waals surface area contributed by atoms with Crippen molar-refractivity contribution in [1.29, 1.82) is 0 Å². The molecule has 6 heteroatoms. The van der Waals surface area contributed by atoms with Crippen molar-refractivity contribution in [2.75, 3.05) is 33.3 Å². The maximum atomic E-state index is 5.92. The zero-order valence-electron chi connectivity index (χ0n) is 15.1. The van der Waals surface area contributed by atoms with Crippen molar-refractivity contribution in [3.05, 3.63) is 18.0 Å². The highest BCUT2D eigenvalue weighted by atomic mass is 16.5. The van der Waals surface area contributed by atoms with Crippen LogP contribution in [0.1, 0.15) is 50.0 Å². The Kier molecular flexibility index (Phi) is 6.12. The number of likely N-dealkylation sites (tertiary alicyclic amines) is 1. The first-order valence-corrected chi connectivity index (χ1v) is 9.32. The van der Waals surface area contributed by atoms with E-state index in [9.17, 15) is 0 Å². The van der Waals surface area contributed by atoms with Gasteiger partial charge in [0.1, 0.15) is 0 Å². The zero-order valence-corrected chi connectivity index (χ0v) is 15.1. The summed E-state index contributed by atoms with van der Waals surface area (Å²) in [5, 5.41) is 7.78. The highest BCUT2D eigenvalue weighted by Crippen LogP contribution is 2.26. The van der Waals surface area contributed by atoms with Crippen LogP contribution in [0.25, 0.3) is 0 Å². The van der Waals surface area contributed by atoms with E-state index in [4.69, 9.17) is 4.74 Å². The van der Waals surface area contributed by atoms with Crippen molar-refractivity contribution in [3.8, 4) is 0 Å². The zero-order chi connectivity index (χ0) is 16.8. The van der Waals surface area contributed by atoms with Crippen LogP contribution in [-0.4, -0.2) is 60.0 Å². The molecular formula is C18H31N5O. The molecule has 24 heavy (non-hydrogen) atoms. The van der Waals surface area contributed by atoms with Gasteiger partial charge in [0.25, 0.3) is 0 Å². The molecule has 1 aromatic heterocycles. The van der Waals surface area contributed by atoms with Gasteiger partial charge in [0.2, 0.25) is 0 Å². The predicted molar refractivity (Wildman–Crippen MR) is 96.3 cm³/mol. The first kappa shape index (κ1) is 17.3. The fourth-order valence-electron chi connectivity index (χ4n) is 3.79. The van der Waals surface area contributed by atoms with E-state index < -0.39 is 0 Å². The Labute approximate surface area is 145 Å². The second-order valence-electron chi connectivity index (χ2n) is 6.98. The molecule has 1 aliphatic carbocycles. The van der Waals surface area contributed by atoms with Crippen molar-refractivity contribution < 1.29 is 4.74 Å². The van der Waals surface area contributed by atoms with Gasteiger partial charge in [-0.15, -0.1) is 0 Å². The molecular weight excluding hydrogens is 302 g/mol.